The molecule has 0 radical (unpaired) electrons. The number of nitrogens with zero attached hydrogens (tertiary/aromatic N) is 4. The summed E-state index contributed by atoms with van der Waals surface area (Å²) >= 11 is 1.66. The predicted octanol–water partition coefficient (Wildman–Crippen LogP) is 2.66. The van der Waals surface area contributed by atoms with E-state index in [2.05, 4.69) is 15.5 Å². The van der Waals surface area contributed by atoms with Crippen LogP contribution >= 0.6 is 11.3 Å². The molecule has 0 atom stereocenters. The van der Waals surface area contributed by atoms with Crippen molar-refractivity contribution in [3.63, 3.8) is 0 Å². The molecule has 0 spiro atoms. The van der Waals surface area contributed by atoms with Crippen LogP contribution in [-0.4, -0.2) is 20.2 Å². The third-order valence-electron chi connectivity index (χ3n) is 2.81. The highest BCUT2D eigenvalue weighted by Gasteiger charge is 2.11. The second kappa shape index (κ2) is 4.38. The first-order valence-electron chi connectivity index (χ1n) is 5.60. The minimum atomic E-state index is 0.638. The molecule has 3 rings (SSSR count). The number of hydrogen-bond acceptors (Lipinski definition) is 5. The maximum atomic E-state index is 5.14. The van der Waals surface area contributed by atoms with Crippen LogP contribution in [0.3, 0.4) is 0 Å². The highest BCUT2D eigenvalue weighted by molar-refractivity contribution is 7.13. The van der Waals surface area contributed by atoms with Crippen LogP contribution in [0.15, 0.2) is 28.2 Å². The van der Waals surface area contributed by atoms with Crippen molar-refractivity contribution < 1.29 is 4.52 Å². The molecule has 0 aliphatic rings. The van der Waals surface area contributed by atoms with Gasteiger partial charge in [-0.25, -0.2) is 4.68 Å². The van der Waals surface area contributed by atoms with Crippen LogP contribution in [0.1, 0.15) is 17.0 Å². The van der Waals surface area contributed by atoms with Gasteiger partial charge in [-0.1, -0.05) is 16.4 Å². The molecule has 92 valence electrons. The van der Waals surface area contributed by atoms with Gasteiger partial charge in [-0.2, -0.15) is 0 Å². The zero-order valence-electron chi connectivity index (χ0n) is 10.1. The van der Waals surface area contributed by atoms with Crippen LogP contribution in [0.5, 0.6) is 0 Å². The van der Waals surface area contributed by atoms with E-state index in [1.807, 2.05) is 42.2 Å². The summed E-state index contributed by atoms with van der Waals surface area (Å²) in [5.41, 5.74) is 2.87. The second-order valence-corrected chi connectivity index (χ2v) is 5.03. The Morgan fingerprint density at radius 1 is 1.39 bits per heavy atom. The molecule has 0 bridgehead atoms. The normalized spacial score (nSPS) is 11.0. The summed E-state index contributed by atoms with van der Waals surface area (Å²) in [5.74, 6) is 0.834. The largest absolute Gasteiger partial charge is 0.361 e. The summed E-state index contributed by atoms with van der Waals surface area (Å²) < 4.78 is 6.94. The van der Waals surface area contributed by atoms with Crippen LogP contribution in [0.25, 0.3) is 10.6 Å². The Bertz CT molecular complexity index is 634. The molecule has 0 aliphatic carbocycles. The van der Waals surface area contributed by atoms with Crippen molar-refractivity contribution >= 4 is 11.3 Å². The first-order valence-corrected chi connectivity index (χ1v) is 6.48. The number of thiophene rings is 1. The Morgan fingerprint density at radius 3 is 2.94 bits per heavy atom. The molecule has 0 unspecified atom stereocenters. The number of aromatic nitrogens is 4. The van der Waals surface area contributed by atoms with E-state index in [0.717, 1.165) is 27.6 Å². The first kappa shape index (κ1) is 11.2. The lowest BCUT2D eigenvalue weighted by Crippen LogP contribution is -2.02. The van der Waals surface area contributed by atoms with Gasteiger partial charge >= 0.3 is 0 Å². The molecule has 0 saturated heterocycles. The molecule has 0 N–H and O–H groups in total. The lowest BCUT2D eigenvalue weighted by molar-refractivity contribution is 0.391. The minimum Gasteiger partial charge on any atom is -0.361 e. The number of aryl methyl sites for hydroxylation is 2. The van der Waals surface area contributed by atoms with E-state index in [4.69, 9.17) is 4.52 Å². The van der Waals surface area contributed by atoms with Crippen molar-refractivity contribution in [2.45, 2.75) is 20.4 Å². The van der Waals surface area contributed by atoms with Crippen LogP contribution < -0.4 is 0 Å². The van der Waals surface area contributed by atoms with Crippen molar-refractivity contribution in [3.8, 4) is 10.6 Å². The highest BCUT2D eigenvalue weighted by Crippen LogP contribution is 2.22. The molecule has 6 heteroatoms. The van der Waals surface area contributed by atoms with Gasteiger partial charge in [0.25, 0.3) is 0 Å². The molecule has 18 heavy (non-hydrogen) atoms. The average Bonchev–Trinajstić information content (AvgIpc) is 3.06. The van der Waals surface area contributed by atoms with Crippen molar-refractivity contribution in [3.05, 3.63) is 40.7 Å². The van der Waals surface area contributed by atoms with Crippen LogP contribution in [-0.2, 0) is 6.54 Å². The molecule has 0 fully saturated rings. The van der Waals surface area contributed by atoms with Gasteiger partial charge in [0, 0.05) is 5.56 Å². The van der Waals surface area contributed by atoms with Gasteiger partial charge in [-0.3, -0.25) is 0 Å². The van der Waals surface area contributed by atoms with Gasteiger partial charge in [-0.15, -0.1) is 16.4 Å². The Labute approximate surface area is 108 Å². The predicted molar refractivity (Wildman–Crippen MR) is 68.4 cm³/mol. The highest BCUT2D eigenvalue weighted by atomic mass is 32.1. The van der Waals surface area contributed by atoms with Crippen LogP contribution in [0, 0.1) is 13.8 Å². The summed E-state index contributed by atoms with van der Waals surface area (Å²) in [5, 5.41) is 14.3. The van der Waals surface area contributed by atoms with Gasteiger partial charge in [0.15, 0.2) is 0 Å². The fraction of sp³-hybridized carbons (Fsp3) is 0.250. The Kier molecular flexibility index (Phi) is 2.71. The minimum absolute atomic E-state index is 0.638. The third-order valence-corrected chi connectivity index (χ3v) is 3.71. The smallest absolute Gasteiger partial charge is 0.138 e. The maximum Gasteiger partial charge on any atom is 0.138 e. The fourth-order valence-corrected chi connectivity index (χ4v) is 2.48. The summed E-state index contributed by atoms with van der Waals surface area (Å²) in [6, 6.07) is 4.04. The first-order chi connectivity index (χ1) is 8.74. The Hall–Kier alpha value is -1.95. The van der Waals surface area contributed by atoms with Gasteiger partial charge in [-0.05, 0) is 25.3 Å². The van der Waals surface area contributed by atoms with Crippen molar-refractivity contribution in [1.82, 2.24) is 20.2 Å². The molecule has 3 aromatic heterocycles. The summed E-state index contributed by atoms with van der Waals surface area (Å²) in [6.07, 6.45) is 1.94. The van der Waals surface area contributed by atoms with Gasteiger partial charge in [0.1, 0.15) is 11.5 Å². The van der Waals surface area contributed by atoms with Gasteiger partial charge < -0.3 is 4.52 Å². The molecule has 0 aromatic carbocycles. The molecule has 3 aromatic rings. The van der Waals surface area contributed by atoms with Crippen molar-refractivity contribution in [2.24, 2.45) is 0 Å². The summed E-state index contributed by atoms with van der Waals surface area (Å²) in [6.45, 7) is 4.48. The summed E-state index contributed by atoms with van der Waals surface area (Å²) in [4.78, 5) is 1.13. The van der Waals surface area contributed by atoms with E-state index in [1.165, 1.54) is 0 Å². The van der Waals surface area contributed by atoms with E-state index in [1.54, 1.807) is 11.3 Å². The molecule has 3 heterocycles. The van der Waals surface area contributed by atoms with Crippen molar-refractivity contribution in [2.75, 3.05) is 0 Å². The standard InChI is InChI=1S/C12H12N4OS/c1-8-10(9(2)17-14-8)6-16-7-11(13-15-16)12-4-3-5-18-12/h3-5,7H,6H2,1-2H3. The van der Waals surface area contributed by atoms with Crippen LogP contribution in [0.2, 0.25) is 0 Å². The topological polar surface area (TPSA) is 56.7 Å². The molecule has 0 amide bonds. The zero-order chi connectivity index (χ0) is 12.5. The Balaban J connectivity index is 1.87. The van der Waals surface area contributed by atoms with Gasteiger partial charge in [0.2, 0.25) is 0 Å². The zero-order valence-corrected chi connectivity index (χ0v) is 10.9. The second-order valence-electron chi connectivity index (χ2n) is 4.08. The fourth-order valence-electron chi connectivity index (χ4n) is 1.80. The lowest BCUT2D eigenvalue weighted by Gasteiger charge is -1.98. The van der Waals surface area contributed by atoms with E-state index in [9.17, 15) is 0 Å². The monoisotopic (exact) mass is 260 g/mol. The van der Waals surface area contributed by atoms with E-state index < -0.39 is 0 Å². The lowest BCUT2D eigenvalue weighted by atomic mass is 10.2. The SMILES string of the molecule is Cc1noc(C)c1Cn1cc(-c2cccs2)nn1. The third kappa shape index (κ3) is 1.95. The van der Waals surface area contributed by atoms with Gasteiger partial charge in [0.05, 0.1) is 23.3 Å². The molecular weight excluding hydrogens is 248 g/mol. The van der Waals surface area contributed by atoms with E-state index >= 15 is 0 Å². The quantitative estimate of drug-likeness (QED) is 0.726. The van der Waals surface area contributed by atoms with E-state index in [0.29, 0.717) is 6.54 Å². The maximum absolute atomic E-state index is 5.14. The van der Waals surface area contributed by atoms with Crippen LogP contribution in [0.4, 0.5) is 0 Å². The molecular formula is C12H12N4OS. The summed E-state index contributed by atoms with van der Waals surface area (Å²) in [7, 11) is 0. The van der Waals surface area contributed by atoms with Crippen molar-refractivity contribution in [1.29, 1.82) is 0 Å². The Morgan fingerprint density at radius 2 is 2.28 bits per heavy atom. The molecule has 0 saturated carbocycles. The average molecular weight is 260 g/mol. The van der Waals surface area contributed by atoms with E-state index in [-0.39, 0.29) is 0 Å². The molecule has 0 aliphatic heterocycles. The molecule has 5 nitrogen and oxygen atoms in total. The number of hydrogen-bond donors (Lipinski definition) is 0. The number of rotatable bonds is 3.